The first kappa shape index (κ1) is 33.1. The summed E-state index contributed by atoms with van der Waals surface area (Å²) in [6.45, 7) is 7.87. The number of carbonyl (C=O) groups excluding carboxylic acids is 4. The quantitative estimate of drug-likeness (QED) is 0.193. The summed E-state index contributed by atoms with van der Waals surface area (Å²) < 4.78 is 30.5. The van der Waals surface area contributed by atoms with Crippen molar-refractivity contribution in [2.75, 3.05) is 19.8 Å². The van der Waals surface area contributed by atoms with E-state index in [2.05, 4.69) is 17.4 Å². The lowest BCUT2D eigenvalue weighted by atomic mass is 10.0. The third-order valence-corrected chi connectivity index (χ3v) is 8.96. The number of amides is 3. The molecule has 0 bridgehead atoms. The van der Waals surface area contributed by atoms with Crippen molar-refractivity contribution in [3.05, 3.63) is 47.8 Å². The van der Waals surface area contributed by atoms with Crippen LogP contribution in [0.25, 0.3) is 0 Å². The van der Waals surface area contributed by atoms with E-state index in [1.165, 1.54) is 21.9 Å². The van der Waals surface area contributed by atoms with Gasteiger partial charge in [-0.2, -0.15) is 0 Å². The van der Waals surface area contributed by atoms with Crippen LogP contribution in [0.4, 0.5) is 14.0 Å². The van der Waals surface area contributed by atoms with E-state index in [-0.39, 0.29) is 38.6 Å². The number of rotatable bonds is 10. The molecule has 1 saturated carbocycles. The van der Waals surface area contributed by atoms with E-state index in [0.717, 1.165) is 0 Å². The highest BCUT2D eigenvalue weighted by Crippen LogP contribution is 2.45. The maximum absolute atomic E-state index is 14.3. The number of ether oxygens (including phenoxy) is 3. The number of carbonyl (C=O) groups is 5. The molecule has 1 aromatic carbocycles. The van der Waals surface area contributed by atoms with Gasteiger partial charge in [0.15, 0.2) is 0 Å². The SMILES string of the molecule is C=C[C@@H]1CC1(NC(=O)[C@@H]1C[C@@H](OC(=O)N2Cc3cccc(F)c3C2)CN1C(=O)C(NOC(=O)OC1CCOCC1)C(C)C)C(=O)O. The molecule has 250 valence electrons. The number of benzene rings is 1. The van der Waals surface area contributed by atoms with Crippen molar-refractivity contribution < 1.29 is 52.5 Å². The molecule has 3 N–H and O–H groups in total. The van der Waals surface area contributed by atoms with E-state index in [1.54, 1.807) is 26.0 Å². The Morgan fingerprint density at radius 3 is 2.50 bits per heavy atom. The fourth-order valence-electron chi connectivity index (χ4n) is 6.14. The van der Waals surface area contributed by atoms with Crippen LogP contribution < -0.4 is 10.8 Å². The average molecular weight is 647 g/mol. The maximum atomic E-state index is 14.3. The van der Waals surface area contributed by atoms with Crippen molar-refractivity contribution in [1.82, 2.24) is 20.6 Å². The number of carboxylic acid groups (broad SMARTS) is 1. The number of likely N-dealkylation sites (tertiary alicyclic amines) is 1. The monoisotopic (exact) mass is 646 g/mol. The first-order valence-corrected chi connectivity index (χ1v) is 15.3. The van der Waals surface area contributed by atoms with Gasteiger partial charge in [0.25, 0.3) is 0 Å². The van der Waals surface area contributed by atoms with Gasteiger partial charge in [-0.25, -0.2) is 18.8 Å². The first-order valence-electron chi connectivity index (χ1n) is 15.3. The van der Waals surface area contributed by atoms with E-state index in [0.29, 0.717) is 37.2 Å². The molecule has 3 aliphatic heterocycles. The van der Waals surface area contributed by atoms with Gasteiger partial charge in [-0.15, -0.1) is 12.1 Å². The van der Waals surface area contributed by atoms with E-state index in [4.69, 9.17) is 19.0 Å². The lowest BCUT2D eigenvalue weighted by Crippen LogP contribution is -2.57. The fourth-order valence-corrected chi connectivity index (χ4v) is 6.14. The molecular weight excluding hydrogens is 607 g/mol. The summed E-state index contributed by atoms with van der Waals surface area (Å²) in [6, 6.07) is 2.25. The molecule has 0 aromatic heterocycles. The summed E-state index contributed by atoms with van der Waals surface area (Å²) in [4.78, 5) is 72.7. The first-order chi connectivity index (χ1) is 21.9. The van der Waals surface area contributed by atoms with Crippen molar-refractivity contribution in [3.8, 4) is 0 Å². The molecule has 0 radical (unpaired) electrons. The minimum atomic E-state index is -1.56. The highest BCUT2D eigenvalue weighted by Gasteiger charge is 2.61. The summed E-state index contributed by atoms with van der Waals surface area (Å²) in [5, 5.41) is 12.4. The van der Waals surface area contributed by atoms with Crippen LogP contribution in [0, 0.1) is 17.7 Å². The van der Waals surface area contributed by atoms with Crippen molar-refractivity contribution >= 4 is 30.0 Å². The van der Waals surface area contributed by atoms with Crippen LogP contribution in [0.2, 0.25) is 0 Å². The lowest BCUT2D eigenvalue weighted by molar-refractivity contribution is -0.147. The Balaban J connectivity index is 1.28. The van der Waals surface area contributed by atoms with Crippen molar-refractivity contribution in [2.24, 2.45) is 11.8 Å². The minimum Gasteiger partial charge on any atom is -0.479 e. The largest absolute Gasteiger partial charge is 0.528 e. The second kappa shape index (κ2) is 13.6. The second-order valence-electron chi connectivity index (χ2n) is 12.4. The Morgan fingerprint density at radius 2 is 1.87 bits per heavy atom. The number of carboxylic acids is 1. The van der Waals surface area contributed by atoms with Gasteiger partial charge in [-0.1, -0.05) is 32.1 Å². The van der Waals surface area contributed by atoms with Gasteiger partial charge in [0.2, 0.25) is 11.8 Å². The molecule has 5 atom stereocenters. The molecule has 0 spiro atoms. The number of hydrogen-bond acceptors (Lipinski definition) is 10. The van der Waals surface area contributed by atoms with Crippen LogP contribution in [-0.4, -0.2) is 94.5 Å². The Labute approximate surface area is 265 Å². The van der Waals surface area contributed by atoms with Gasteiger partial charge in [0.05, 0.1) is 26.3 Å². The minimum absolute atomic E-state index is 0.00482. The molecule has 46 heavy (non-hydrogen) atoms. The molecule has 5 rings (SSSR count). The molecule has 4 aliphatic rings. The number of hydrogen-bond donors (Lipinski definition) is 3. The van der Waals surface area contributed by atoms with E-state index in [9.17, 15) is 33.5 Å². The summed E-state index contributed by atoms with van der Waals surface area (Å²) >= 11 is 0. The summed E-state index contributed by atoms with van der Waals surface area (Å²) in [6.07, 6.45) is -0.615. The number of fused-ring (bicyclic) bond motifs is 1. The highest BCUT2D eigenvalue weighted by atomic mass is 19.1. The predicted molar refractivity (Wildman–Crippen MR) is 156 cm³/mol. The van der Waals surface area contributed by atoms with E-state index in [1.807, 2.05) is 0 Å². The van der Waals surface area contributed by atoms with Crippen molar-refractivity contribution in [1.29, 1.82) is 0 Å². The van der Waals surface area contributed by atoms with E-state index < -0.39 is 71.4 Å². The van der Waals surface area contributed by atoms with Gasteiger partial charge in [-0.05, 0) is 24.0 Å². The highest BCUT2D eigenvalue weighted by molar-refractivity contribution is 5.95. The molecule has 3 amide bonds. The maximum Gasteiger partial charge on any atom is 0.528 e. The average Bonchev–Trinajstić information content (AvgIpc) is 3.32. The van der Waals surface area contributed by atoms with Crippen LogP contribution in [-0.2, 0) is 46.5 Å². The normalized spacial score (nSPS) is 26.2. The Kier molecular flexibility index (Phi) is 9.82. The lowest BCUT2D eigenvalue weighted by Gasteiger charge is -2.30. The molecule has 1 aliphatic carbocycles. The molecule has 14 nitrogen and oxygen atoms in total. The number of halogens is 1. The molecule has 3 fully saturated rings. The smallest absolute Gasteiger partial charge is 0.479 e. The van der Waals surface area contributed by atoms with Gasteiger partial charge < -0.3 is 34.4 Å². The topological polar surface area (TPSA) is 173 Å². The molecule has 2 unspecified atom stereocenters. The summed E-state index contributed by atoms with van der Waals surface area (Å²) in [5.74, 6) is -3.97. The van der Waals surface area contributed by atoms with Crippen LogP contribution in [0.3, 0.4) is 0 Å². The van der Waals surface area contributed by atoms with Crippen LogP contribution in [0.5, 0.6) is 0 Å². The summed E-state index contributed by atoms with van der Waals surface area (Å²) in [7, 11) is 0. The number of nitrogens with zero attached hydrogens (tertiary/aromatic N) is 2. The zero-order valence-corrected chi connectivity index (χ0v) is 25.7. The molecular formula is C31H39FN4O10. The second-order valence-corrected chi connectivity index (χ2v) is 12.4. The Morgan fingerprint density at radius 1 is 1.13 bits per heavy atom. The molecule has 2 saturated heterocycles. The number of hydroxylamine groups is 1. The molecule has 3 heterocycles. The van der Waals surface area contributed by atoms with E-state index >= 15 is 0 Å². The van der Waals surface area contributed by atoms with Gasteiger partial charge in [0.1, 0.15) is 35.6 Å². The number of aliphatic carboxylic acids is 1. The summed E-state index contributed by atoms with van der Waals surface area (Å²) in [5.41, 5.74) is 1.95. The van der Waals surface area contributed by atoms with Crippen molar-refractivity contribution in [3.63, 3.8) is 0 Å². The molecule has 1 aromatic rings. The fraction of sp³-hybridized carbons (Fsp3) is 0.581. The van der Waals surface area contributed by atoms with Gasteiger partial charge in [0, 0.05) is 37.3 Å². The predicted octanol–water partition coefficient (Wildman–Crippen LogP) is 2.25. The Hall–Kier alpha value is -4.24. The zero-order chi connectivity index (χ0) is 33.2. The van der Waals surface area contributed by atoms with Gasteiger partial charge >= 0.3 is 18.2 Å². The zero-order valence-electron chi connectivity index (χ0n) is 25.7. The Bertz CT molecular complexity index is 1380. The van der Waals surface area contributed by atoms with Gasteiger partial charge in [-0.3, -0.25) is 14.5 Å². The van der Waals surface area contributed by atoms with Crippen molar-refractivity contribution in [2.45, 2.75) is 82.5 Å². The third-order valence-electron chi connectivity index (χ3n) is 8.96. The number of nitrogens with one attached hydrogen (secondary N) is 2. The standard InChI is InChI=1S/C31H39FN4O10/c1-4-19-13-31(19,28(39)40)33-26(37)24-12-21(44-29(41)35-14-18-6-5-7-23(32)22(18)16-35)15-36(24)27(38)25(17(2)3)34-46-30(42)45-20-8-10-43-11-9-20/h4-7,17,19-21,24-25,34H,1,8-16H2,2-3H3,(H,33,37)(H,39,40)/t19-,21-,24+,25?,31?/m1/s1. The third kappa shape index (κ3) is 6.94. The van der Waals surface area contributed by atoms with Crippen LogP contribution in [0.1, 0.15) is 50.7 Å². The molecule has 15 heteroatoms. The van der Waals surface area contributed by atoms with Crippen LogP contribution >= 0.6 is 0 Å². The van der Waals surface area contributed by atoms with Crippen LogP contribution in [0.15, 0.2) is 30.9 Å².